The molecule has 4 rings (SSSR count). The molecule has 0 unspecified atom stereocenters. The fraction of sp³-hybridized carbons (Fsp3) is 0.200. The van der Waals surface area contributed by atoms with Crippen molar-refractivity contribution in [2.24, 2.45) is 0 Å². The molecule has 1 amide bonds. The van der Waals surface area contributed by atoms with Crippen molar-refractivity contribution >= 4 is 45.4 Å². The smallest absolute Gasteiger partial charge is 0.225 e. The lowest BCUT2D eigenvalue weighted by Gasteiger charge is -2.08. The second-order valence-electron chi connectivity index (χ2n) is 6.43. The van der Waals surface area contributed by atoms with Crippen molar-refractivity contribution < 1.29 is 4.79 Å². The van der Waals surface area contributed by atoms with E-state index in [2.05, 4.69) is 31.5 Å². The first-order valence-corrected chi connectivity index (χ1v) is 9.70. The molecule has 2 aromatic heterocycles. The number of fused-ring (bicyclic) bond motifs is 3. The van der Waals surface area contributed by atoms with Gasteiger partial charge in [0.05, 0.1) is 0 Å². The highest BCUT2D eigenvalue weighted by Gasteiger charge is 2.10. The summed E-state index contributed by atoms with van der Waals surface area (Å²) in [4.78, 5) is 20.0. The maximum atomic E-state index is 12.2. The van der Waals surface area contributed by atoms with Gasteiger partial charge in [0.2, 0.25) is 11.1 Å². The van der Waals surface area contributed by atoms with Crippen molar-refractivity contribution in [2.75, 3.05) is 11.1 Å². The van der Waals surface area contributed by atoms with Crippen LogP contribution in [0.25, 0.3) is 22.1 Å². The minimum Gasteiger partial charge on any atom is -0.338 e. The number of amides is 1. The summed E-state index contributed by atoms with van der Waals surface area (Å²) >= 11 is 1.43. The Labute approximate surface area is 160 Å². The minimum absolute atomic E-state index is 0.0193. The van der Waals surface area contributed by atoms with Crippen molar-refractivity contribution in [3.63, 3.8) is 0 Å². The molecule has 0 saturated carbocycles. The second-order valence-corrected chi connectivity index (χ2v) is 7.49. The first kappa shape index (κ1) is 17.5. The van der Waals surface area contributed by atoms with E-state index >= 15 is 0 Å². The van der Waals surface area contributed by atoms with Gasteiger partial charge in [0.1, 0.15) is 5.52 Å². The van der Waals surface area contributed by atoms with Crippen LogP contribution in [-0.2, 0) is 4.79 Å². The van der Waals surface area contributed by atoms with Gasteiger partial charge in [0.25, 0.3) is 0 Å². The largest absolute Gasteiger partial charge is 0.338 e. The Kier molecular flexibility index (Phi) is 4.77. The Morgan fingerprint density at radius 3 is 2.85 bits per heavy atom. The van der Waals surface area contributed by atoms with Crippen molar-refractivity contribution in [3.05, 3.63) is 53.6 Å². The zero-order valence-electron chi connectivity index (χ0n) is 15.1. The van der Waals surface area contributed by atoms with Gasteiger partial charge in [-0.15, -0.1) is 10.2 Å². The predicted octanol–water partition coefficient (Wildman–Crippen LogP) is 4.24. The number of hydrogen-bond acceptors (Lipinski definition) is 5. The van der Waals surface area contributed by atoms with Gasteiger partial charge in [-0.2, -0.15) is 0 Å². The Morgan fingerprint density at radius 2 is 2.00 bits per heavy atom. The number of hydrogen-bond donors (Lipinski definition) is 2. The molecule has 0 atom stereocenters. The lowest BCUT2D eigenvalue weighted by Crippen LogP contribution is -2.13. The molecule has 0 spiro atoms. The third-order valence-electron chi connectivity index (χ3n) is 4.32. The molecule has 136 valence electrons. The number of aryl methyl sites for hydroxylation is 2. The molecule has 0 bridgehead atoms. The molecule has 2 heterocycles. The number of H-pyrrole nitrogens is 1. The maximum Gasteiger partial charge on any atom is 0.225 e. The Balaban J connectivity index is 1.38. The molecule has 0 fully saturated rings. The highest BCUT2D eigenvalue weighted by molar-refractivity contribution is 7.99. The number of aromatic nitrogens is 4. The van der Waals surface area contributed by atoms with Crippen LogP contribution in [0.4, 0.5) is 5.69 Å². The number of benzene rings is 2. The van der Waals surface area contributed by atoms with E-state index in [1.807, 2.05) is 50.2 Å². The van der Waals surface area contributed by atoms with E-state index in [1.54, 1.807) is 0 Å². The molecular formula is C20H19N5OS. The number of nitrogens with one attached hydrogen (secondary N) is 2. The van der Waals surface area contributed by atoms with Crippen molar-refractivity contribution in [1.82, 2.24) is 20.2 Å². The molecule has 0 aliphatic rings. The first-order valence-electron chi connectivity index (χ1n) is 8.71. The van der Waals surface area contributed by atoms with Crippen LogP contribution in [0, 0.1) is 13.8 Å². The van der Waals surface area contributed by atoms with Crippen LogP contribution < -0.4 is 5.32 Å². The van der Waals surface area contributed by atoms with Crippen LogP contribution in [0.15, 0.2) is 47.6 Å². The summed E-state index contributed by atoms with van der Waals surface area (Å²) in [6, 6.07) is 13.9. The van der Waals surface area contributed by atoms with Crippen molar-refractivity contribution in [1.29, 1.82) is 0 Å². The van der Waals surface area contributed by atoms with E-state index < -0.39 is 0 Å². The molecule has 2 N–H and O–H groups in total. The minimum atomic E-state index is -0.0193. The number of carbonyl (C=O) groups is 1. The predicted molar refractivity (Wildman–Crippen MR) is 109 cm³/mol. The highest BCUT2D eigenvalue weighted by atomic mass is 32.2. The van der Waals surface area contributed by atoms with Crippen LogP contribution in [-0.4, -0.2) is 31.8 Å². The molecule has 2 aromatic carbocycles. The molecule has 0 radical (unpaired) electrons. The Bertz CT molecular complexity index is 1140. The second kappa shape index (κ2) is 7.36. The summed E-state index contributed by atoms with van der Waals surface area (Å²) in [5.41, 5.74) is 5.57. The van der Waals surface area contributed by atoms with Gasteiger partial charge in [0, 0.05) is 28.8 Å². The fourth-order valence-electron chi connectivity index (χ4n) is 2.97. The zero-order valence-corrected chi connectivity index (χ0v) is 15.9. The van der Waals surface area contributed by atoms with Gasteiger partial charge in [0.15, 0.2) is 5.65 Å². The highest BCUT2D eigenvalue weighted by Crippen LogP contribution is 2.23. The van der Waals surface area contributed by atoms with Crippen LogP contribution >= 0.6 is 11.8 Å². The van der Waals surface area contributed by atoms with E-state index in [4.69, 9.17) is 0 Å². The number of para-hydroxylation sites is 1. The van der Waals surface area contributed by atoms with E-state index in [9.17, 15) is 4.79 Å². The van der Waals surface area contributed by atoms with E-state index in [1.165, 1.54) is 17.3 Å². The molecule has 4 aromatic rings. The third kappa shape index (κ3) is 3.78. The molecule has 7 heteroatoms. The lowest BCUT2D eigenvalue weighted by atomic mass is 10.1. The van der Waals surface area contributed by atoms with Gasteiger partial charge in [-0.1, -0.05) is 47.7 Å². The van der Waals surface area contributed by atoms with E-state index in [-0.39, 0.29) is 5.91 Å². The van der Waals surface area contributed by atoms with Crippen molar-refractivity contribution in [3.8, 4) is 0 Å². The van der Waals surface area contributed by atoms with Gasteiger partial charge >= 0.3 is 0 Å². The molecule has 6 nitrogen and oxygen atoms in total. The van der Waals surface area contributed by atoms with Crippen LogP contribution in [0.3, 0.4) is 0 Å². The summed E-state index contributed by atoms with van der Waals surface area (Å²) in [7, 11) is 0. The first-order chi connectivity index (χ1) is 13.1. The molecule has 27 heavy (non-hydrogen) atoms. The number of aromatic amines is 1. The average molecular weight is 377 g/mol. The average Bonchev–Trinajstić information content (AvgIpc) is 3.02. The lowest BCUT2D eigenvalue weighted by molar-refractivity contribution is -0.115. The van der Waals surface area contributed by atoms with Gasteiger partial charge < -0.3 is 10.3 Å². The maximum absolute atomic E-state index is 12.2. The standard InChI is InChI=1S/C20H19N5OS/c1-12-7-8-15(13(2)11-12)21-17(26)9-10-27-20-23-19-18(24-25-20)14-5-3-4-6-16(14)22-19/h3-8,11H,9-10H2,1-2H3,(H,21,26)(H,22,23,25). The van der Waals surface area contributed by atoms with Crippen LogP contribution in [0.2, 0.25) is 0 Å². The third-order valence-corrected chi connectivity index (χ3v) is 5.16. The molecule has 0 saturated heterocycles. The number of thioether (sulfide) groups is 1. The quantitative estimate of drug-likeness (QED) is 0.508. The summed E-state index contributed by atoms with van der Waals surface area (Å²) in [6.45, 7) is 4.03. The molecule has 0 aliphatic carbocycles. The number of anilines is 1. The topological polar surface area (TPSA) is 83.6 Å². The summed E-state index contributed by atoms with van der Waals surface area (Å²) < 4.78 is 0. The number of carbonyl (C=O) groups excluding carboxylic acids is 1. The van der Waals surface area contributed by atoms with Gasteiger partial charge in [-0.05, 0) is 31.5 Å². The summed E-state index contributed by atoms with van der Waals surface area (Å²) in [5, 5.41) is 13.0. The van der Waals surface area contributed by atoms with Crippen molar-refractivity contribution in [2.45, 2.75) is 25.4 Å². The number of nitrogens with zero attached hydrogens (tertiary/aromatic N) is 3. The Morgan fingerprint density at radius 1 is 1.15 bits per heavy atom. The molecular weight excluding hydrogens is 358 g/mol. The zero-order chi connectivity index (χ0) is 18.8. The molecule has 0 aliphatic heterocycles. The Hall–Kier alpha value is -2.93. The number of rotatable bonds is 5. The summed E-state index contributed by atoms with van der Waals surface area (Å²) in [5.74, 6) is 0.568. The van der Waals surface area contributed by atoms with E-state index in [0.29, 0.717) is 23.0 Å². The van der Waals surface area contributed by atoms with E-state index in [0.717, 1.165) is 27.7 Å². The monoisotopic (exact) mass is 377 g/mol. The van der Waals surface area contributed by atoms with Crippen LogP contribution in [0.1, 0.15) is 17.5 Å². The SMILES string of the molecule is Cc1ccc(NC(=O)CCSc2nnc3c(n2)[nH]c2ccccc23)c(C)c1. The van der Waals surface area contributed by atoms with Gasteiger partial charge in [-0.3, -0.25) is 4.79 Å². The summed E-state index contributed by atoms with van der Waals surface area (Å²) in [6.07, 6.45) is 0.381. The fourth-order valence-corrected chi connectivity index (χ4v) is 3.69. The van der Waals surface area contributed by atoms with Crippen LogP contribution in [0.5, 0.6) is 0 Å². The normalized spacial score (nSPS) is 11.2. The van der Waals surface area contributed by atoms with Gasteiger partial charge in [-0.25, -0.2) is 4.98 Å².